The first-order chi connectivity index (χ1) is 6.75. The number of nitrogens with one attached hydrogen (secondary N) is 1. The molecular formula is C11H15N2S. The van der Waals surface area contributed by atoms with Gasteiger partial charge in [0, 0.05) is 29.3 Å². The second-order valence-electron chi connectivity index (χ2n) is 3.80. The van der Waals surface area contributed by atoms with E-state index < -0.39 is 0 Å². The van der Waals surface area contributed by atoms with Gasteiger partial charge in [-0.1, -0.05) is 18.2 Å². The van der Waals surface area contributed by atoms with Gasteiger partial charge in [-0.05, 0) is 19.2 Å². The van der Waals surface area contributed by atoms with Crippen LogP contribution >= 0.6 is 11.8 Å². The van der Waals surface area contributed by atoms with Crippen LogP contribution in [0.2, 0.25) is 0 Å². The summed E-state index contributed by atoms with van der Waals surface area (Å²) in [6, 6.07) is 10.4. The number of rotatable bonds is 2. The summed E-state index contributed by atoms with van der Waals surface area (Å²) < 4.78 is 0. The number of likely N-dealkylation sites (tertiary alicyclic amines) is 1. The van der Waals surface area contributed by atoms with Crippen molar-refractivity contribution in [3.05, 3.63) is 30.3 Å². The van der Waals surface area contributed by atoms with Gasteiger partial charge in [-0.3, -0.25) is 5.73 Å². The lowest BCUT2D eigenvalue weighted by Crippen LogP contribution is -2.21. The number of thioether (sulfide) groups is 1. The molecule has 1 fully saturated rings. The van der Waals surface area contributed by atoms with Gasteiger partial charge in [-0.15, -0.1) is 11.8 Å². The maximum absolute atomic E-state index is 7.91. The van der Waals surface area contributed by atoms with E-state index in [0.717, 1.165) is 13.1 Å². The highest BCUT2D eigenvalue weighted by molar-refractivity contribution is 8.00. The van der Waals surface area contributed by atoms with E-state index in [9.17, 15) is 0 Å². The Bertz CT molecular complexity index is 289. The molecule has 1 radical (unpaired) electrons. The van der Waals surface area contributed by atoms with Crippen LogP contribution in [0.5, 0.6) is 0 Å². The third-order valence-corrected chi connectivity index (χ3v) is 3.80. The largest absolute Gasteiger partial charge is 0.304 e. The molecule has 1 aromatic rings. The zero-order chi connectivity index (χ0) is 9.97. The summed E-state index contributed by atoms with van der Waals surface area (Å²) >= 11 is 1.83. The zero-order valence-electron chi connectivity index (χ0n) is 8.31. The molecule has 0 amide bonds. The van der Waals surface area contributed by atoms with Crippen molar-refractivity contribution in [3.63, 3.8) is 0 Å². The van der Waals surface area contributed by atoms with Gasteiger partial charge in [0.2, 0.25) is 0 Å². The van der Waals surface area contributed by atoms with E-state index in [-0.39, 0.29) is 6.04 Å². The van der Waals surface area contributed by atoms with Gasteiger partial charge in [0.1, 0.15) is 0 Å². The van der Waals surface area contributed by atoms with Crippen molar-refractivity contribution in [1.82, 2.24) is 10.6 Å². The molecule has 0 spiro atoms. The Morgan fingerprint density at radius 2 is 2.00 bits per heavy atom. The molecule has 0 aromatic heterocycles. The highest BCUT2D eigenvalue weighted by atomic mass is 32.2. The Balaban J connectivity index is 1.98. The fourth-order valence-electron chi connectivity index (χ4n) is 1.76. The van der Waals surface area contributed by atoms with Crippen molar-refractivity contribution in [2.24, 2.45) is 0 Å². The van der Waals surface area contributed by atoms with Crippen LogP contribution in [0.15, 0.2) is 35.2 Å². The number of hydrogen-bond acceptors (Lipinski definition) is 2. The number of nitrogens with zero attached hydrogens (tertiary/aromatic N) is 1. The average Bonchev–Trinajstić information content (AvgIpc) is 2.47. The molecule has 1 heterocycles. The quantitative estimate of drug-likeness (QED) is 0.738. The fraction of sp³-hybridized carbons (Fsp3) is 0.455. The Labute approximate surface area is 89.5 Å². The maximum Gasteiger partial charge on any atom is 0.0474 e. The minimum Gasteiger partial charge on any atom is -0.304 e. The highest BCUT2D eigenvalue weighted by Crippen LogP contribution is 2.28. The third kappa shape index (κ3) is 2.29. The van der Waals surface area contributed by atoms with Crippen LogP contribution in [0, 0.1) is 0 Å². The van der Waals surface area contributed by atoms with Crippen LogP contribution in [0.1, 0.15) is 0 Å². The molecule has 2 rings (SSSR count). The van der Waals surface area contributed by atoms with E-state index in [4.69, 9.17) is 5.73 Å². The van der Waals surface area contributed by atoms with Crippen molar-refractivity contribution in [1.29, 1.82) is 0 Å². The van der Waals surface area contributed by atoms with Crippen molar-refractivity contribution >= 4 is 11.8 Å². The molecule has 0 aliphatic carbocycles. The highest BCUT2D eigenvalue weighted by Gasteiger charge is 2.28. The van der Waals surface area contributed by atoms with E-state index in [1.807, 2.05) is 17.8 Å². The van der Waals surface area contributed by atoms with E-state index in [1.54, 1.807) is 0 Å². The molecule has 75 valence electrons. The van der Waals surface area contributed by atoms with Crippen LogP contribution in [-0.2, 0) is 0 Å². The lowest BCUT2D eigenvalue weighted by atomic mass is 10.3. The van der Waals surface area contributed by atoms with Gasteiger partial charge >= 0.3 is 0 Å². The molecule has 1 N–H and O–H groups in total. The van der Waals surface area contributed by atoms with E-state index in [2.05, 4.69) is 36.2 Å². The van der Waals surface area contributed by atoms with Crippen molar-refractivity contribution in [3.8, 4) is 0 Å². The molecule has 2 nitrogen and oxygen atoms in total. The molecule has 2 atom stereocenters. The molecule has 0 saturated carbocycles. The molecule has 1 aliphatic heterocycles. The van der Waals surface area contributed by atoms with Gasteiger partial charge in [0.15, 0.2) is 0 Å². The van der Waals surface area contributed by atoms with Crippen molar-refractivity contribution in [2.75, 3.05) is 20.1 Å². The number of hydrogen-bond donors (Lipinski definition) is 0. The second kappa shape index (κ2) is 4.34. The van der Waals surface area contributed by atoms with Crippen LogP contribution < -0.4 is 5.73 Å². The molecule has 1 aliphatic rings. The molecule has 14 heavy (non-hydrogen) atoms. The maximum atomic E-state index is 7.91. The molecule has 3 heteroatoms. The first-order valence-electron chi connectivity index (χ1n) is 4.87. The lowest BCUT2D eigenvalue weighted by molar-refractivity contribution is 0.411. The van der Waals surface area contributed by atoms with Gasteiger partial charge in [-0.2, -0.15) is 0 Å². The summed E-state index contributed by atoms with van der Waals surface area (Å²) in [6.45, 7) is 1.94. The minimum atomic E-state index is 0.0604. The lowest BCUT2D eigenvalue weighted by Gasteiger charge is -2.12. The van der Waals surface area contributed by atoms with Gasteiger partial charge < -0.3 is 4.90 Å². The summed E-state index contributed by atoms with van der Waals surface area (Å²) in [6.07, 6.45) is 0. The summed E-state index contributed by atoms with van der Waals surface area (Å²) in [5.41, 5.74) is 7.91. The Kier molecular flexibility index (Phi) is 3.11. The number of likely N-dealkylation sites (N-methyl/N-ethyl adjacent to an activating group) is 1. The van der Waals surface area contributed by atoms with Crippen LogP contribution in [0.3, 0.4) is 0 Å². The average molecular weight is 207 g/mol. The van der Waals surface area contributed by atoms with Crippen LogP contribution in [0.4, 0.5) is 0 Å². The van der Waals surface area contributed by atoms with Crippen molar-refractivity contribution < 1.29 is 0 Å². The Morgan fingerprint density at radius 1 is 1.29 bits per heavy atom. The SMILES string of the molecule is CN1CC([NH])C(Sc2ccccc2)C1. The van der Waals surface area contributed by atoms with Crippen molar-refractivity contribution in [2.45, 2.75) is 16.2 Å². The summed E-state index contributed by atoms with van der Waals surface area (Å²) in [7, 11) is 2.09. The normalized spacial score (nSPS) is 28.1. The summed E-state index contributed by atoms with van der Waals surface area (Å²) in [5, 5.41) is 0.433. The van der Waals surface area contributed by atoms with E-state index in [0.29, 0.717) is 5.25 Å². The van der Waals surface area contributed by atoms with Gasteiger partial charge in [-0.25, -0.2) is 0 Å². The summed E-state index contributed by atoms with van der Waals surface area (Å²) in [5.74, 6) is 0. The zero-order valence-corrected chi connectivity index (χ0v) is 9.13. The molecule has 2 unspecified atom stereocenters. The Hall–Kier alpha value is -0.510. The van der Waals surface area contributed by atoms with Crippen LogP contribution in [-0.4, -0.2) is 36.3 Å². The first-order valence-corrected chi connectivity index (χ1v) is 5.75. The Morgan fingerprint density at radius 3 is 2.57 bits per heavy atom. The molecule has 1 aromatic carbocycles. The molecule has 1 saturated heterocycles. The van der Waals surface area contributed by atoms with E-state index >= 15 is 0 Å². The monoisotopic (exact) mass is 207 g/mol. The topological polar surface area (TPSA) is 27.0 Å². The minimum absolute atomic E-state index is 0.0604. The predicted molar refractivity (Wildman–Crippen MR) is 60.5 cm³/mol. The van der Waals surface area contributed by atoms with Gasteiger partial charge in [0.05, 0.1) is 0 Å². The standard InChI is InChI=1S/C11H15N2S/c1-13-7-10(12)11(8-13)14-9-5-3-2-4-6-9/h2-6,10-12H,7-8H2,1H3. The van der Waals surface area contributed by atoms with E-state index in [1.165, 1.54) is 4.90 Å². The van der Waals surface area contributed by atoms with Crippen LogP contribution in [0.25, 0.3) is 0 Å². The smallest absolute Gasteiger partial charge is 0.0474 e. The predicted octanol–water partition coefficient (Wildman–Crippen LogP) is 1.74. The molecular weight excluding hydrogens is 192 g/mol. The first kappa shape index (κ1) is 10.0. The third-order valence-electron chi connectivity index (χ3n) is 2.48. The fourth-order valence-corrected chi connectivity index (χ4v) is 3.00. The van der Waals surface area contributed by atoms with Gasteiger partial charge in [0.25, 0.3) is 0 Å². The molecule has 0 bridgehead atoms. The second-order valence-corrected chi connectivity index (χ2v) is 5.11. The summed E-state index contributed by atoms with van der Waals surface area (Å²) in [4.78, 5) is 3.52. The number of benzene rings is 1.